The molecule has 1 atom stereocenters. The van der Waals surface area contributed by atoms with Crippen LogP contribution in [-0.4, -0.2) is 36.0 Å². The van der Waals surface area contributed by atoms with Gasteiger partial charge >= 0.3 is 5.97 Å². The van der Waals surface area contributed by atoms with Crippen LogP contribution in [0.15, 0.2) is 72.8 Å². The van der Waals surface area contributed by atoms with Gasteiger partial charge in [0.15, 0.2) is 0 Å². The maximum absolute atomic E-state index is 13.1. The van der Waals surface area contributed by atoms with Gasteiger partial charge in [-0.15, -0.1) is 0 Å². The Morgan fingerprint density at radius 2 is 1.64 bits per heavy atom. The molecule has 1 aliphatic rings. The quantitative estimate of drug-likeness (QED) is 0.636. The summed E-state index contributed by atoms with van der Waals surface area (Å²) in [6.07, 6.45) is 4.73. The van der Waals surface area contributed by atoms with Gasteiger partial charge < -0.3 is 9.64 Å². The molecule has 0 spiro atoms. The number of esters is 1. The Balaban J connectivity index is 2.02. The smallest absolute Gasteiger partial charge is 0.332 e. The van der Waals surface area contributed by atoms with Gasteiger partial charge in [-0.3, -0.25) is 4.79 Å². The van der Waals surface area contributed by atoms with Crippen molar-refractivity contribution in [1.82, 2.24) is 4.90 Å². The fraction of sp³-hybridized carbons (Fsp3) is 0.238. The zero-order chi connectivity index (χ0) is 17.7. The predicted molar refractivity (Wildman–Crippen MR) is 96.1 cm³/mol. The lowest BCUT2D eigenvalue weighted by Gasteiger charge is -2.43. The third kappa shape index (κ3) is 3.33. The summed E-state index contributed by atoms with van der Waals surface area (Å²) in [6.45, 7) is 0.385. The Hall–Kier alpha value is -2.88. The lowest BCUT2D eigenvalue weighted by atomic mass is 9.83. The van der Waals surface area contributed by atoms with E-state index in [4.69, 9.17) is 4.74 Å². The number of hydrogen-bond donors (Lipinski definition) is 0. The Morgan fingerprint density at radius 3 is 2.28 bits per heavy atom. The van der Waals surface area contributed by atoms with Crippen molar-refractivity contribution in [3.05, 3.63) is 83.9 Å². The second kappa shape index (κ2) is 7.34. The standard InChI is InChI=1S/C21H21NO3/c1-25-20(24)21(16-17-10-4-2-5-11-17)14-8-9-15-22(21)19(23)18-12-6-3-7-13-18/h2-13H,14-16H2,1H3/t21-/m1/s1. The Kier molecular flexibility index (Phi) is 4.98. The number of nitrogens with zero attached hydrogens (tertiary/aromatic N) is 1. The van der Waals surface area contributed by atoms with Crippen molar-refractivity contribution in [1.29, 1.82) is 0 Å². The Bertz CT molecular complexity index is 770. The van der Waals surface area contributed by atoms with Gasteiger partial charge in [0.2, 0.25) is 0 Å². The van der Waals surface area contributed by atoms with Crippen molar-refractivity contribution in [2.45, 2.75) is 18.4 Å². The van der Waals surface area contributed by atoms with Crippen LogP contribution in [0.25, 0.3) is 0 Å². The number of rotatable bonds is 4. The molecule has 4 heteroatoms. The highest BCUT2D eigenvalue weighted by Gasteiger charge is 2.47. The van der Waals surface area contributed by atoms with Crippen LogP contribution >= 0.6 is 0 Å². The van der Waals surface area contributed by atoms with E-state index in [0.717, 1.165) is 5.56 Å². The topological polar surface area (TPSA) is 46.6 Å². The summed E-state index contributed by atoms with van der Waals surface area (Å²) < 4.78 is 5.11. The number of ether oxygens (including phenoxy) is 1. The lowest BCUT2D eigenvalue weighted by Crippen LogP contribution is -2.60. The summed E-state index contributed by atoms with van der Waals surface area (Å²) in [5.74, 6) is -0.545. The zero-order valence-electron chi connectivity index (χ0n) is 14.2. The number of hydrogen-bond acceptors (Lipinski definition) is 3. The average Bonchev–Trinajstić information content (AvgIpc) is 2.68. The monoisotopic (exact) mass is 335 g/mol. The van der Waals surface area contributed by atoms with E-state index in [-0.39, 0.29) is 11.9 Å². The van der Waals surface area contributed by atoms with E-state index in [1.165, 1.54) is 7.11 Å². The van der Waals surface area contributed by atoms with E-state index in [2.05, 4.69) is 0 Å². The van der Waals surface area contributed by atoms with Crippen LogP contribution < -0.4 is 0 Å². The Morgan fingerprint density at radius 1 is 1.00 bits per heavy atom. The maximum Gasteiger partial charge on any atom is 0.332 e. The minimum Gasteiger partial charge on any atom is -0.467 e. The molecule has 1 heterocycles. The zero-order valence-corrected chi connectivity index (χ0v) is 14.2. The molecule has 0 fully saturated rings. The number of methoxy groups -OCH3 is 1. The van der Waals surface area contributed by atoms with Gasteiger partial charge in [0.25, 0.3) is 5.91 Å². The second-order valence-electron chi connectivity index (χ2n) is 6.14. The van der Waals surface area contributed by atoms with E-state index >= 15 is 0 Å². The van der Waals surface area contributed by atoms with Crippen molar-refractivity contribution < 1.29 is 14.3 Å². The van der Waals surface area contributed by atoms with E-state index in [1.54, 1.807) is 17.0 Å². The first kappa shape index (κ1) is 17.0. The second-order valence-corrected chi connectivity index (χ2v) is 6.14. The minimum absolute atomic E-state index is 0.161. The van der Waals surface area contributed by atoms with Gasteiger partial charge in [-0.25, -0.2) is 4.79 Å². The molecule has 1 aliphatic heterocycles. The fourth-order valence-corrected chi connectivity index (χ4v) is 3.31. The molecule has 2 aromatic rings. The largest absolute Gasteiger partial charge is 0.467 e. The molecule has 2 aromatic carbocycles. The van der Waals surface area contributed by atoms with Crippen LogP contribution in [0, 0.1) is 0 Å². The van der Waals surface area contributed by atoms with E-state index < -0.39 is 5.54 Å². The summed E-state index contributed by atoms with van der Waals surface area (Å²) in [5.41, 5.74) is 0.533. The first-order valence-corrected chi connectivity index (χ1v) is 8.32. The van der Waals surface area contributed by atoms with Crippen molar-refractivity contribution in [2.24, 2.45) is 0 Å². The molecule has 128 valence electrons. The molecule has 0 N–H and O–H groups in total. The van der Waals surface area contributed by atoms with E-state index in [1.807, 2.05) is 60.7 Å². The molecular formula is C21H21NO3. The summed E-state index contributed by atoms with van der Waals surface area (Å²) in [7, 11) is 1.37. The van der Waals surface area contributed by atoms with Crippen molar-refractivity contribution >= 4 is 11.9 Å². The van der Waals surface area contributed by atoms with Crippen LogP contribution in [0.5, 0.6) is 0 Å². The number of amides is 1. The number of carbonyl (C=O) groups excluding carboxylic acids is 2. The van der Waals surface area contributed by atoms with Gasteiger partial charge in [-0.05, 0) is 24.1 Å². The Labute approximate surface area is 147 Å². The third-order valence-corrected chi connectivity index (χ3v) is 4.60. The number of carbonyl (C=O) groups is 2. The van der Waals surface area contributed by atoms with Crippen LogP contribution in [0.1, 0.15) is 22.3 Å². The first-order chi connectivity index (χ1) is 12.2. The molecule has 0 radical (unpaired) electrons. The van der Waals surface area contributed by atoms with Gasteiger partial charge in [-0.2, -0.15) is 0 Å². The molecule has 1 amide bonds. The molecule has 0 saturated heterocycles. The van der Waals surface area contributed by atoms with Crippen LogP contribution in [-0.2, 0) is 16.0 Å². The van der Waals surface area contributed by atoms with E-state index in [9.17, 15) is 9.59 Å². The molecule has 4 nitrogen and oxygen atoms in total. The highest BCUT2D eigenvalue weighted by Crippen LogP contribution is 2.31. The van der Waals surface area contributed by atoms with Gasteiger partial charge in [-0.1, -0.05) is 60.7 Å². The fourth-order valence-electron chi connectivity index (χ4n) is 3.31. The van der Waals surface area contributed by atoms with Crippen LogP contribution in [0.2, 0.25) is 0 Å². The van der Waals surface area contributed by atoms with Crippen LogP contribution in [0.3, 0.4) is 0 Å². The van der Waals surface area contributed by atoms with Crippen molar-refractivity contribution in [2.75, 3.05) is 13.7 Å². The third-order valence-electron chi connectivity index (χ3n) is 4.60. The lowest BCUT2D eigenvalue weighted by molar-refractivity contribution is -0.153. The normalized spacial score (nSPS) is 19.5. The average molecular weight is 335 g/mol. The number of benzene rings is 2. The summed E-state index contributed by atoms with van der Waals surface area (Å²) >= 11 is 0. The molecular weight excluding hydrogens is 314 g/mol. The molecule has 0 aliphatic carbocycles. The summed E-state index contributed by atoms with van der Waals surface area (Å²) in [5, 5.41) is 0. The van der Waals surface area contributed by atoms with Gasteiger partial charge in [0, 0.05) is 18.5 Å². The molecule has 0 aromatic heterocycles. The molecule has 0 saturated carbocycles. The van der Waals surface area contributed by atoms with Crippen molar-refractivity contribution in [3.8, 4) is 0 Å². The van der Waals surface area contributed by atoms with Gasteiger partial charge in [0.1, 0.15) is 5.54 Å². The van der Waals surface area contributed by atoms with E-state index in [0.29, 0.717) is 24.9 Å². The SMILES string of the molecule is COC(=O)[C@]1(Cc2ccccc2)CC=CCN1C(=O)c1ccccc1. The molecule has 25 heavy (non-hydrogen) atoms. The maximum atomic E-state index is 13.1. The molecule has 0 bridgehead atoms. The van der Waals surface area contributed by atoms with Crippen LogP contribution in [0.4, 0.5) is 0 Å². The molecule has 0 unspecified atom stereocenters. The first-order valence-electron chi connectivity index (χ1n) is 8.32. The summed E-state index contributed by atoms with van der Waals surface area (Å²) in [4.78, 5) is 27.5. The van der Waals surface area contributed by atoms with Gasteiger partial charge in [0.05, 0.1) is 7.11 Å². The highest BCUT2D eigenvalue weighted by molar-refractivity contribution is 5.98. The predicted octanol–water partition coefficient (Wildman–Crippen LogP) is 3.24. The minimum atomic E-state index is -1.03. The van der Waals surface area contributed by atoms with Crippen molar-refractivity contribution in [3.63, 3.8) is 0 Å². The molecule has 3 rings (SSSR count). The summed E-state index contributed by atoms with van der Waals surface area (Å²) in [6, 6.07) is 18.8. The highest BCUT2D eigenvalue weighted by atomic mass is 16.5.